The highest BCUT2D eigenvalue weighted by molar-refractivity contribution is 5.72. The first-order valence-corrected chi connectivity index (χ1v) is 6.78. The average Bonchev–Trinajstić information content (AvgIpc) is 2.35. The van der Waals surface area contributed by atoms with E-state index in [2.05, 4.69) is 0 Å². The van der Waals surface area contributed by atoms with E-state index in [1.807, 2.05) is 20.8 Å². The summed E-state index contributed by atoms with van der Waals surface area (Å²) >= 11 is 0. The Morgan fingerprint density at radius 2 is 1.63 bits per heavy atom. The van der Waals surface area contributed by atoms with Crippen molar-refractivity contribution < 1.29 is 19.1 Å². The number of amides is 1. The first kappa shape index (κ1) is 15.8. The number of esters is 1. The van der Waals surface area contributed by atoms with Gasteiger partial charge in [0.1, 0.15) is 5.60 Å². The van der Waals surface area contributed by atoms with Gasteiger partial charge in [-0.25, -0.2) is 4.79 Å². The normalized spacial score (nSPS) is 23.6. The van der Waals surface area contributed by atoms with E-state index < -0.39 is 5.60 Å². The molecule has 0 N–H and O–H groups in total. The lowest BCUT2D eigenvalue weighted by Crippen LogP contribution is -2.43. The van der Waals surface area contributed by atoms with Crippen molar-refractivity contribution >= 4 is 12.1 Å². The number of carbonyl (C=O) groups excluding carboxylic acids is 2. The van der Waals surface area contributed by atoms with Gasteiger partial charge in [-0.3, -0.25) is 4.79 Å². The highest BCUT2D eigenvalue weighted by Crippen LogP contribution is 2.28. The van der Waals surface area contributed by atoms with Gasteiger partial charge in [0.05, 0.1) is 13.0 Å². The highest BCUT2D eigenvalue weighted by atomic mass is 16.6. The van der Waals surface area contributed by atoms with Crippen LogP contribution in [0, 0.1) is 5.92 Å². The van der Waals surface area contributed by atoms with Crippen LogP contribution >= 0.6 is 0 Å². The molecule has 0 unspecified atom stereocenters. The molecule has 0 bridgehead atoms. The summed E-state index contributed by atoms with van der Waals surface area (Å²) in [6.07, 6.45) is 2.87. The zero-order valence-corrected chi connectivity index (χ0v) is 12.6. The summed E-state index contributed by atoms with van der Waals surface area (Å²) < 4.78 is 10.1. The maximum absolute atomic E-state index is 11.9. The zero-order chi connectivity index (χ0) is 14.6. The number of rotatable bonds is 2. The Kier molecular flexibility index (Phi) is 5.20. The average molecular weight is 271 g/mol. The largest absolute Gasteiger partial charge is 0.469 e. The Morgan fingerprint density at radius 3 is 2.05 bits per heavy atom. The van der Waals surface area contributed by atoms with Crippen molar-refractivity contribution in [1.29, 1.82) is 0 Å². The first-order chi connectivity index (χ1) is 8.74. The van der Waals surface area contributed by atoms with Crippen LogP contribution in [-0.2, 0) is 14.3 Å². The Morgan fingerprint density at radius 1 is 1.11 bits per heavy atom. The van der Waals surface area contributed by atoms with Gasteiger partial charge in [0.2, 0.25) is 0 Å². The van der Waals surface area contributed by atoms with Gasteiger partial charge >= 0.3 is 12.1 Å². The summed E-state index contributed by atoms with van der Waals surface area (Å²) in [4.78, 5) is 25.0. The third-order valence-corrected chi connectivity index (χ3v) is 3.46. The van der Waals surface area contributed by atoms with E-state index in [0.29, 0.717) is 0 Å². The molecule has 1 aliphatic rings. The van der Waals surface area contributed by atoms with E-state index in [9.17, 15) is 9.59 Å². The fraction of sp³-hybridized carbons (Fsp3) is 0.857. The lowest BCUT2D eigenvalue weighted by molar-refractivity contribution is -0.146. The molecule has 1 aliphatic carbocycles. The molecule has 0 radical (unpaired) electrons. The van der Waals surface area contributed by atoms with Crippen LogP contribution in [-0.4, -0.2) is 42.8 Å². The monoisotopic (exact) mass is 271 g/mol. The van der Waals surface area contributed by atoms with E-state index in [1.165, 1.54) is 7.11 Å². The van der Waals surface area contributed by atoms with Gasteiger partial charge < -0.3 is 14.4 Å². The third-order valence-electron chi connectivity index (χ3n) is 3.46. The summed E-state index contributed by atoms with van der Waals surface area (Å²) in [5, 5.41) is 0. The predicted molar refractivity (Wildman–Crippen MR) is 71.8 cm³/mol. The Balaban J connectivity index is 2.46. The highest BCUT2D eigenvalue weighted by Gasteiger charge is 2.32. The number of nitrogens with zero attached hydrogens (tertiary/aromatic N) is 1. The Hall–Kier alpha value is -1.26. The summed E-state index contributed by atoms with van der Waals surface area (Å²) in [5.41, 5.74) is -0.478. The van der Waals surface area contributed by atoms with Crippen molar-refractivity contribution in [3.63, 3.8) is 0 Å². The number of hydrogen-bond acceptors (Lipinski definition) is 4. The van der Waals surface area contributed by atoms with Crippen molar-refractivity contribution in [1.82, 2.24) is 4.90 Å². The summed E-state index contributed by atoms with van der Waals surface area (Å²) in [5.74, 6) is -0.161. The molecule has 0 aromatic carbocycles. The molecule has 5 nitrogen and oxygen atoms in total. The minimum atomic E-state index is -0.478. The van der Waals surface area contributed by atoms with Gasteiger partial charge in [-0.2, -0.15) is 0 Å². The minimum absolute atomic E-state index is 0.0201. The van der Waals surface area contributed by atoms with E-state index in [0.717, 1.165) is 25.7 Å². The second kappa shape index (κ2) is 6.26. The number of methoxy groups -OCH3 is 1. The van der Waals surface area contributed by atoms with Crippen LogP contribution in [0.5, 0.6) is 0 Å². The smallest absolute Gasteiger partial charge is 0.410 e. The van der Waals surface area contributed by atoms with Gasteiger partial charge in [-0.05, 0) is 46.5 Å². The molecule has 0 spiro atoms. The summed E-state index contributed by atoms with van der Waals surface area (Å²) in [6.45, 7) is 5.56. The van der Waals surface area contributed by atoms with Crippen molar-refractivity contribution in [2.24, 2.45) is 5.92 Å². The van der Waals surface area contributed by atoms with Crippen molar-refractivity contribution in [2.75, 3.05) is 14.2 Å². The molecule has 110 valence electrons. The SMILES string of the molecule is COC(=O)[C@H]1CC[C@@H](N(C)C(=O)OC(C)(C)C)CC1. The molecule has 0 aliphatic heterocycles. The fourth-order valence-electron chi connectivity index (χ4n) is 2.35. The lowest BCUT2D eigenvalue weighted by atomic mass is 9.85. The number of ether oxygens (including phenoxy) is 2. The van der Waals surface area contributed by atoms with Crippen LogP contribution in [0.25, 0.3) is 0 Å². The third kappa shape index (κ3) is 4.73. The molecular weight excluding hydrogens is 246 g/mol. The number of hydrogen-bond donors (Lipinski definition) is 0. The molecule has 1 amide bonds. The molecular formula is C14H25NO4. The Labute approximate surface area is 115 Å². The molecule has 19 heavy (non-hydrogen) atoms. The van der Waals surface area contributed by atoms with Gasteiger partial charge in [0.15, 0.2) is 0 Å². The van der Waals surface area contributed by atoms with Crippen LogP contribution in [0.1, 0.15) is 46.5 Å². The summed E-state index contributed by atoms with van der Waals surface area (Å²) in [7, 11) is 3.18. The Bertz CT molecular complexity index is 327. The maximum Gasteiger partial charge on any atom is 0.410 e. The zero-order valence-electron chi connectivity index (χ0n) is 12.6. The summed E-state index contributed by atoms with van der Waals surface area (Å²) in [6, 6.07) is 0.149. The number of carbonyl (C=O) groups is 2. The van der Waals surface area contributed by atoms with E-state index >= 15 is 0 Å². The molecule has 0 heterocycles. The van der Waals surface area contributed by atoms with Gasteiger partial charge in [-0.15, -0.1) is 0 Å². The van der Waals surface area contributed by atoms with Crippen molar-refractivity contribution in [3.05, 3.63) is 0 Å². The molecule has 5 heteroatoms. The van der Waals surface area contributed by atoms with Gasteiger partial charge in [0.25, 0.3) is 0 Å². The fourth-order valence-corrected chi connectivity index (χ4v) is 2.35. The standard InChI is InChI=1S/C14H25NO4/c1-14(2,3)19-13(17)15(4)11-8-6-10(7-9-11)12(16)18-5/h10-11H,6-9H2,1-5H3/t10-,11+. The van der Waals surface area contributed by atoms with Crippen LogP contribution in [0.4, 0.5) is 4.79 Å². The molecule has 0 aromatic rings. The van der Waals surface area contributed by atoms with Crippen molar-refractivity contribution in [3.8, 4) is 0 Å². The molecule has 0 aromatic heterocycles. The van der Waals surface area contributed by atoms with E-state index in [4.69, 9.17) is 9.47 Å². The van der Waals surface area contributed by atoms with E-state index in [1.54, 1.807) is 11.9 Å². The second-order valence-corrected chi connectivity index (χ2v) is 6.12. The lowest BCUT2D eigenvalue weighted by Gasteiger charge is -2.34. The second-order valence-electron chi connectivity index (χ2n) is 6.12. The van der Waals surface area contributed by atoms with Crippen LogP contribution < -0.4 is 0 Å². The minimum Gasteiger partial charge on any atom is -0.469 e. The first-order valence-electron chi connectivity index (χ1n) is 6.78. The molecule has 0 saturated heterocycles. The molecule has 1 fully saturated rings. The predicted octanol–water partition coefficient (Wildman–Crippen LogP) is 2.59. The maximum atomic E-state index is 11.9. The molecule has 1 saturated carbocycles. The quantitative estimate of drug-likeness (QED) is 0.724. The van der Waals surface area contributed by atoms with Gasteiger partial charge in [-0.1, -0.05) is 0 Å². The van der Waals surface area contributed by atoms with Crippen LogP contribution in [0.2, 0.25) is 0 Å². The van der Waals surface area contributed by atoms with Crippen LogP contribution in [0.3, 0.4) is 0 Å². The molecule has 0 atom stereocenters. The molecule has 1 rings (SSSR count). The topological polar surface area (TPSA) is 55.8 Å². The van der Waals surface area contributed by atoms with Gasteiger partial charge in [0, 0.05) is 13.1 Å². The van der Waals surface area contributed by atoms with Crippen molar-refractivity contribution in [2.45, 2.75) is 58.1 Å². The van der Waals surface area contributed by atoms with Crippen LogP contribution in [0.15, 0.2) is 0 Å². The van der Waals surface area contributed by atoms with E-state index in [-0.39, 0.29) is 24.0 Å².